The quantitative estimate of drug-likeness (QED) is 0.722. The van der Waals surface area contributed by atoms with E-state index in [1.165, 1.54) is 0 Å². The number of carbonyl (C=O) groups excluding carboxylic acids is 1. The molecular formula is C11H12N2O2. The summed E-state index contributed by atoms with van der Waals surface area (Å²) in [5.74, 6) is -0.0435. The van der Waals surface area contributed by atoms with Gasteiger partial charge < -0.3 is 4.74 Å². The molecule has 15 heavy (non-hydrogen) atoms. The van der Waals surface area contributed by atoms with Crippen molar-refractivity contribution < 1.29 is 9.53 Å². The van der Waals surface area contributed by atoms with E-state index < -0.39 is 0 Å². The van der Waals surface area contributed by atoms with Gasteiger partial charge in [0.05, 0.1) is 5.69 Å². The van der Waals surface area contributed by atoms with Gasteiger partial charge in [0.25, 0.3) is 5.91 Å². The van der Waals surface area contributed by atoms with Crippen molar-refractivity contribution in [2.75, 3.05) is 25.3 Å². The van der Waals surface area contributed by atoms with Gasteiger partial charge in [-0.25, -0.2) is 0 Å². The van der Waals surface area contributed by atoms with E-state index in [9.17, 15) is 4.79 Å². The second-order valence-corrected chi connectivity index (χ2v) is 3.27. The number of anilines is 1. The molecule has 0 N–H and O–H groups in total. The van der Waals surface area contributed by atoms with Gasteiger partial charge in [0.2, 0.25) is 0 Å². The van der Waals surface area contributed by atoms with Crippen molar-refractivity contribution in [3.8, 4) is 0 Å². The summed E-state index contributed by atoms with van der Waals surface area (Å²) in [6.45, 7) is 0.442. The Hall–Kier alpha value is -1.68. The smallest absolute Gasteiger partial charge is 0.250 e. The third kappa shape index (κ3) is 1.89. The first-order valence-electron chi connectivity index (χ1n) is 4.71. The minimum absolute atomic E-state index is 0.0435. The van der Waals surface area contributed by atoms with Crippen LogP contribution in [0.3, 0.4) is 0 Å². The van der Waals surface area contributed by atoms with Crippen LogP contribution in [-0.2, 0) is 9.53 Å². The summed E-state index contributed by atoms with van der Waals surface area (Å²) in [5, 5.41) is 0. The van der Waals surface area contributed by atoms with Gasteiger partial charge in [0.15, 0.2) is 0 Å². The summed E-state index contributed by atoms with van der Waals surface area (Å²) in [6.07, 6.45) is 1.73. The van der Waals surface area contributed by atoms with Crippen molar-refractivity contribution in [2.45, 2.75) is 0 Å². The van der Waals surface area contributed by atoms with Gasteiger partial charge >= 0.3 is 0 Å². The Morgan fingerprint density at radius 3 is 3.07 bits per heavy atom. The summed E-state index contributed by atoms with van der Waals surface area (Å²) < 4.78 is 5.01. The number of nitrogens with zero attached hydrogens (tertiary/aromatic N) is 2. The normalized spacial score (nSPS) is 15.0. The fourth-order valence-electron chi connectivity index (χ4n) is 1.55. The molecule has 0 atom stereocenters. The summed E-state index contributed by atoms with van der Waals surface area (Å²) in [7, 11) is 1.57. The summed E-state index contributed by atoms with van der Waals surface area (Å²) in [5.41, 5.74) is 1.80. The molecule has 0 fully saturated rings. The van der Waals surface area contributed by atoms with Crippen molar-refractivity contribution in [2.24, 2.45) is 4.99 Å². The summed E-state index contributed by atoms with van der Waals surface area (Å²) >= 11 is 0. The second-order valence-electron chi connectivity index (χ2n) is 3.27. The maximum Gasteiger partial charge on any atom is 0.250 e. The molecule has 1 amide bonds. The first kappa shape index (κ1) is 9.86. The van der Waals surface area contributed by atoms with Gasteiger partial charge in [-0.15, -0.1) is 0 Å². The van der Waals surface area contributed by atoms with E-state index in [0.717, 1.165) is 11.3 Å². The molecule has 0 radical (unpaired) electrons. The highest BCUT2D eigenvalue weighted by molar-refractivity contribution is 6.03. The first-order chi connectivity index (χ1) is 7.33. The number of hydrogen-bond acceptors (Lipinski definition) is 3. The van der Waals surface area contributed by atoms with Gasteiger partial charge in [-0.1, -0.05) is 18.2 Å². The molecule has 1 heterocycles. The van der Waals surface area contributed by atoms with E-state index in [1.807, 2.05) is 24.3 Å². The lowest BCUT2D eigenvalue weighted by atomic mass is 10.2. The molecular weight excluding hydrogens is 192 g/mol. The molecule has 0 unspecified atom stereocenters. The average molecular weight is 204 g/mol. The molecule has 2 rings (SSSR count). The third-order valence-corrected chi connectivity index (χ3v) is 2.24. The van der Waals surface area contributed by atoms with Crippen molar-refractivity contribution in [1.29, 1.82) is 0 Å². The molecule has 4 heteroatoms. The number of rotatable bonds is 2. The third-order valence-electron chi connectivity index (χ3n) is 2.24. The fourth-order valence-corrected chi connectivity index (χ4v) is 1.55. The lowest BCUT2D eigenvalue weighted by Gasteiger charge is -2.20. The molecule has 1 aromatic rings. The number of fused-ring (bicyclic) bond motifs is 1. The molecule has 0 saturated carbocycles. The van der Waals surface area contributed by atoms with E-state index in [0.29, 0.717) is 0 Å². The molecule has 78 valence electrons. The standard InChI is InChI=1S/C11H12N2O2/c1-15-8-13-10-5-3-2-4-9(10)6-12-7-11(13)14/h2-6H,7-8H2,1H3. The number of methoxy groups -OCH3 is 1. The van der Waals surface area contributed by atoms with E-state index in [4.69, 9.17) is 4.74 Å². The number of carbonyl (C=O) groups is 1. The first-order valence-corrected chi connectivity index (χ1v) is 4.71. The molecule has 1 aliphatic rings. The Kier molecular flexibility index (Phi) is 2.78. The molecule has 4 nitrogen and oxygen atoms in total. The number of hydrogen-bond donors (Lipinski definition) is 0. The Morgan fingerprint density at radius 1 is 1.47 bits per heavy atom. The highest BCUT2D eigenvalue weighted by Gasteiger charge is 2.19. The van der Waals surface area contributed by atoms with Gasteiger partial charge in [-0.05, 0) is 6.07 Å². The molecule has 0 spiro atoms. The number of ether oxygens (including phenoxy) is 1. The zero-order chi connectivity index (χ0) is 10.7. The lowest BCUT2D eigenvalue weighted by molar-refractivity contribution is -0.118. The van der Waals surface area contributed by atoms with Gasteiger partial charge in [0, 0.05) is 18.9 Å². The average Bonchev–Trinajstić information content (AvgIpc) is 2.40. The largest absolute Gasteiger partial charge is 0.364 e. The van der Waals surface area contributed by atoms with Crippen LogP contribution in [0.4, 0.5) is 5.69 Å². The zero-order valence-corrected chi connectivity index (χ0v) is 8.51. The number of amides is 1. The summed E-state index contributed by atoms with van der Waals surface area (Å²) in [6, 6.07) is 7.64. The second kappa shape index (κ2) is 4.23. The van der Waals surface area contributed by atoms with Crippen molar-refractivity contribution >= 4 is 17.8 Å². The van der Waals surface area contributed by atoms with E-state index in [1.54, 1.807) is 18.2 Å². The number of para-hydroxylation sites is 1. The SMILES string of the molecule is COCN1C(=O)CN=Cc2ccccc21. The van der Waals surface area contributed by atoms with Crippen LogP contribution in [0, 0.1) is 0 Å². The monoisotopic (exact) mass is 204 g/mol. The van der Waals surface area contributed by atoms with Crippen LogP contribution in [0.5, 0.6) is 0 Å². The zero-order valence-electron chi connectivity index (χ0n) is 8.51. The molecule has 0 aliphatic carbocycles. The number of aliphatic imine (C=N–C) groups is 1. The van der Waals surface area contributed by atoms with E-state index in [-0.39, 0.29) is 19.2 Å². The lowest BCUT2D eigenvalue weighted by Crippen LogP contribution is -2.34. The molecule has 1 aliphatic heterocycles. The van der Waals surface area contributed by atoms with Crippen molar-refractivity contribution in [3.05, 3.63) is 29.8 Å². The topological polar surface area (TPSA) is 41.9 Å². The molecule has 0 saturated heterocycles. The summed E-state index contributed by atoms with van der Waals surface area (Å²) in [4.78, 5) is 17.4. The molecule has 0 bridgehead atoms. The van der Waals surface area contributed by atoms with Crippen LogP contribution >= 0.6 is 0 Å². The van der Waals surface area contributed by atoms with Crippen LogP contribution in [0.15, 0.2) is 29.3 Å². The molecule has 1 aromatic carbocycles. The fraction of sp³-hybridized carbons (Fsp3) is 0.273. The van der Waals surface area contributed by atoms with Crippen LogP contribution in [0.1, 0.15) is 5.56 Å². The van der Waals surface area contributed by atoms with Crippen molar-refractivity contribution in [1.82, 2.24) is 0 Å². The van der Waals surface area contributed by atoms with Gasteiger partial charge in [-0.3, -0.25) is 14.7 Å². The van der Waals surface area contributed by atoms with Crippen molar-refractivity contribution in [3.63, 3.8) is 0 Å². The molecule has 0 aromatic heterocycles. The van der Waals surface area contributed by atoms with Gasteiger partial charge in [-0.2, -0.15) is 0 Å². The Balaban J connectivity index is 2.43. The Bertz CT molecular complexity index is 401. The minimum atomic E-state index is -0.0435. The number of benzene rings is 1. The van der Waals surface area contributed by atoms with Crippen LogP contribution in [0.2, 0.25) is 0 Å². The predicted octanol–water partition coefficient (Wildman–Crippen LogP) is 1.06. The Morgan fingerprint density at radius 2 is 2.27 bits per heavy atom. The van der Waals surface area contributed by atoms with E-state index >= 15 is 0 Å². The van der Waals surface area contributed by atoms with Crippen LogP contribution in [0.25, 0.3) is 0 Å². The maximum atomic E-state index is 11.7. The van der Waals surface area contributed by atoms with Crippen LogP contribution in [-0.4, -0.2) is 32.5 Å². The highest BCUT2D eigenvalue weighted by Crippen LogP contribution is 2.20. The number of benzodiazepines with no additional fused rings is 1. The Labute approximate surface area is 88.2 Å². The highest BCUT2D eigenvalue weighted by atomic mass is 16.5. The van der Waals surface area contributed by atoms with Gasteiger partial charge in [0.1, 0.15) is 13.3 Å². The van der Waals surface area contributed by atoms with E-state index in [2.05, 4.69) is 4.99 Å². The minimum Gasteiger partial charge on any atom is -0.364 e. The maximum absolute atomic E-state index is 11.7. The predicted molar refractivity (Wildman–Crippen MR) is 58.3 cm³/mol. The van der Waals surface area contributed by atoms with Crippen LogP contribution < -0.4 is 4.90 Å².